The van der Waals surface area contributed by atoms with Gasteiger partial charge in [0, 0.05) is 23.7 Å². The lowest BCUT2D eigenvalue weighted by Crippen LogP contribution is -2.35. The predicted octanol–water partition coefficient (Wildman–Crippen LogP) is 2.51. The van der Waals surface area contributed by atoms with Gasteiger partial charge in [0.2, 0.25) is 5.91 Å². The van der Waals surface area contributed by atoms with Crippen molar-refractivity contribution in [3.8, 4) is 0 Å². The molecule has 1 N–H and O–H groups in total. The molecular weight excluding hydrogens is 355 g/mol. The summed E-state index contributed by atoms with van der Waals surface area (Å²) >= 11 is 1.51. The van der Waals surface area contributed by atoms with Gasteiger partial charge in [0.25, 0.3) is 5.56 Å². The summed E-state index contributed by atoms with van der Waals surface area (Å²) in [5, 5.41) is 4.12. The molecular formula is C18H19FN4O2S. The fourth-order valence-corrected chi connectivity index (χ4v) is 4.22. The Morgan fingerprint density at radius 3 is 3.04 bits per heavy atom. The molecule has 3 aromatic rings. The fourth-order valence-electron chi connectivity index (χ4n) is 3.28. The van der Waals surface area contributed by atoms with Gasteiger partial charge in [-0.15, -0.1) is 0 Å². The Hall–Kier alpha value is -2.35. The zero-order valence-electron chi connectivity index (χ0n) is 14.6. The maximum absolute atomic E-state index is 13.8. The number of amides is 1. The van der Waals surface area contributed by atoms with Crippen LogP contribution in [0.2, 0.25) is 0 Å². The first-order chi connectivity index (χ1) is 12.5. The summed E-state index contributed by atoms with van der Waals surface area (Å²) in [6.07, 6.45) is 0.819. The SMILES string of the molecule is CC[C@@H](C)NC(=O)Cn1c2ccc(F)cc2c2nc3n(c(=O)c21)CCS3. The Balaban J connectivity index is 1.95. The Morgan fingerprint density at radius 2 is 2.27 bits per heavy atom. The summed E-state index contributed by atoms with van der Waals surface area (Å²) in [6, 6.07) is 4.37. The predicted molar refractivity (Wildman–Crippen MR) is 100 cm³/mol. The van der Waals surface area contributed by atoms with Gasteiger partial charge in [-0.25, -0.2) is 9.37 Å². The maximum atomic E-state index is 13.8. The van der Waals surface area contributed by atoms with E-state index in [1.165, 1.54) is 23.9 Å². The summed E-state index contributed by atoms with van der Waals surface area (Å²) in [7, 11) is 0. The van der Waals surface area contributed by atoms with Crippen molar-refractivity contribution in [3.05, 3.63) is 34.4 Å². The van der Waals surface area contributed by atoms with Crippen LogP contribution in [0, 0.1) is 5.82 Å². The van der Waals surface area contributed by atoms with E-state index in [1.54, 1.807) is 15.2 Å². The molecule has 0 bridgehead atoms. The van der Waals surface area contributed by atoms with Crippen LogP contribution >= 0.6 is 11.8 Å². The molecule has 0 unspecified atom stereocenters. The normalized spacial score (nSPS) is 14.7. The Morgan fingerprint density at radius 1 is 1.46 bits per heavy atom. The second kappa shape index (κ2) is 6.42. The van der Waals surface area contributed by atoms with E-state index in [1.807, 2.05) is 13.8 Å². The van der Waals surface area contributed by atoms with E-state index in [9.17, 15) is 14.0 Å². The first-order valence-electron chi connectivity index (χ1n) is 8.64. The monoisotopic (exact) mass is 374 g/mol. The molecule has 0 aliphatic carbocycles. The third kappa shape index (κ3) is 2.68. The van der Waals surface area contributed by atoms with Crippen molar-refractivity contribution < 1.29 is 9.18 Å². The minimum absolute atomic E-state index is 0.000613. The highest BCUT2D eigenvalue weighted by atomic mass is 32.2. The van der Waals surface area contributed by atoms with Crippen LogP contribution < -0.4 is 10.9 Å². The van der Waals surface area contributed by atoms with Gasteiger partial charge >= 0.3 is 0 Å². The standard InChI is InChI=1S/C18H19FN4O2S/c1-3-10(2)20-14(24)9-23-13-5-4-11(19)8-12(13)15-16(23)17(25)22-6-7-26-18(22)21-15/h4-5,8,10H,3,6-7,9H2,1-2H3,(H,20,24)/t10-/m1/s1. The van der Waals surface area contributed by atoms with E-state index in [0.717, 1.165) is 12.2 Å². The van der Waals surface area contributed by atoms with Gasteiger partial charge in [0.05, 0.1) is 5.52 Å². The van der Waals surface area contributed by atoms with E-state index in [0.29, 0.717) is 33.6 Å². The summed E-state index contributed by atoms with van der Waals surface area (Å²) in [4.78, 5) is 30.1. The number of thioether (sulfide) groups is 1. The lowest BCUT2D eigenvalue weighted by molar-refractivity contribution is -0.122. The molecule has 6 nitrogen and oxygen atoms in total. The minimum atomic E-state index is -0.393. The molecule has 1 aromatic carbocycles. The van der Waals surface area contributed by atoms with Crippen molar-refractivity contribution in [3.63, 3.8) is 0 Å². The molecule has 1 aliphatic rings. The Labute approximate surface area is 153 Å². The Bertz CT molecular complexity index is 1090. The van der Waals surface area contributed by atoms with Crippen molar-refractivity contribution in [2.75, 3.05) is 5.75 Å². The van der Waals surface area contributed by atoms with Crippen molar-refractivity contribution in [2.45, 2.75) is 44.6 Å². The lowest BCUT2D eigenvalue weighted by atomic mass is 10.2. The van der Waals surface area contributed by atoms with Gasteiger partial charge in [-0.2, -0.15) is 0 Å². The fraction of sp³-hybridized carbons (Fsp3) is 0.389. The van der Waals surface area contributed by atoms with Crippen LogP contribution in [0.15, 0.2) is 28.2 Å². The number of hydrogen-bond acceptors (Lipinski definition) is 4. The number of hydrogen-bond donors (Lipinski definition) is 1. The number of fused-ring (bicyclic) bond motifs is 4. The number of rotatable bonds is 4. The molecule has 0 saturated carbocycles. The topological polar surface area (TPSA) is 68.9 Å². The quantitative estimate of drug-likeness (QED) is 0.713. The zero-order valence-corrected chi connectivity index (χ0v) is 15.4. The van der Waals surface area contributed by atoms with Gasteiger partial charge in [0.1, 0.15) is 23.4 Å². The Kier molecular flexibility index (Phi) is 4.22. The van der Waals surface area contributed by atoms with E-state index < -0.39 is 5.82 Å². The lowest BCUT2D eigenvalue weighted by Gasteiger charge is -2.13. The molecule has 0 spiro atoms. The number of aromatic nitrogens is 3. The molecule has 2 aromatic heterocycles. The summed E-state index contributed by atoms with van der Waals surface area (Å²) in [6.45, 7) is 4.52. The minimum Gasteiger partial charge on any atom is -0.352 e. The first-order valence-corrected chi connectivity index (χ1v) is 9.62. The second-order valence-corrected chi connectivity index (χ2v) is 7.58. The van der Waals surface area contributed by atoms with Crippen LogP contribution in [0.5, 0.6) is 0 Å². The number of carbonyl (C=O) groups excluding carboxylic acids is 1. The molecule has 0 fully saturated rings. The average Bonchev–Trinajstić information content (AvgIpc) is 3.19. The maximum Gasteiger partial charge on any atom is 0.278 e. The van der Waals surface area contributed by atoms with Crippen LogP contribution in [-0.4, -0.2) is 31.8 Å². The summed E-state index contributed by atoms with van der Waals surface area (Å²) in [5.41, 5.74) is 1.28. The third-order valence-corrected chi connectivity index (χ3v) is 5.71. The van der Waals surface area contributed by atoms with Crippen LogP contribution in [0.3, 0.4) is 0 Å². The number of benzene rings is 1. The molecule has 1 amide bonds. The highest BCUT2D eigenvalue weighted by Gasteiger charge is 2.23. The molecule has 26 heavy (non-hydrogen) atoms. The smallest absolute Gasteiger partial charge is 0.278 e. The van der Waals surface area contributed by atoms with E-state index in [-0.39, 0.29) is 24.1 Å². The molecule has 136 valence electrons. The number of carbonyl (C=O) groups is 1. The number of nitrogens with one attached hydrogen (secondary N) is 1. The van der Waals surface area contributed by atoms with Gasteiger partial charge in [0.15, 0.2) is 5.16 Å². The number of halogens is 1. The second-order valence-electron chi connectivity index (χ2n) is 6.52. The molecule has 3 heterocycles. The van der Waals surface area contributed by atoms with Crippen molar-refractivity contribution in [1.29, 1.82) is 0 Å². The van der Waals surface area contributed by atoms with Crippen LogP contribution in [0.1, 0.15) is 20.3 Å². The summed E-state index contributed by atoms with van der Waals surface area (Å²) in [5.74, 6) is 0.215. The molecule has 8 heteroatoms. The highest BCUT2D eigenvalue weighted by molar-refractivity contribution is 7.99. The largest absolute Gasteiger partial charge is 0.352 e. The van der Waals surface area contributed by atoms with E-state index >= 15 is 0 Å². The highest BCUT2D eigenvalue weighted by Crippen LogP contribution is 2.30. The van der Waals surface area contributed by atoms with Gasteiger partial charge in [-0.3, -0.25) is 14.2 Å². The zero-order chi connectivity index (χ0) is 18.4. The third-order valence-electron chi connectivity index (χ3n) is 4.75. The van der Waals surface area contributed by atoms with E-state index in [4.69, 9.17) is 0 Å². The van der Waals surface area contributed by atoms with Gasteiger partial charge in [-0.1, -0.05) is 18.7 Å². The number of nitrogens with zero attached hydrogens (tertiary/aromatic N) is 3. The van der Waals surface area contributed by atoms with Crippen molar-refractivity contribution >= 4 is 39.6 Å². The molecule has 1 atom stereocenters. The van der Waals surface area contributed by atoms with E-state index in [2.05, 4.69) is 10.3 Å². The molecule has 0 saturated heterocycles. The summed E-state index contributed by atoms with van der Waals surface area (Å²) < 4.78 is 17.1. The molecule has 1 aliphatic heterocycles. The van der Waals surface area contributed by atoms with Crippen molar-refractivity contribution in [1.82, 2.24) is 19.4 Å². The van der Waals surface area contributed by atoms with Gasteiger partial charge < -0.3 is 9.88 Å². The van der Waals surface area contributed by atoms with Gasteiger partial charge in [-0.05, 0) is 31.5 Å². The molecule has 0 radical (unpaired) electrons. The first kappa shape index (κ1) is 17.1. The van der Waals surface area contributed by atoms with Crippen LogP contribution in [-0.2, 0) is 17.9 Å². The van der Waals surface area contributed by atoms with Crippen LogP contribution in [0.4, 0.5) is 4.39 Å². The van der Waals surface area contributed by atoms with Crippen molar-refractivity contribution in [2.24, 2.45) is 0 Å². The molecule has 4 rings (SSSR count). The average molecular weight is 374 g/mol. The van der Waals surface area contributed by atoms with Crippen LogP contribution in [0.25, 0.3) is 21.9 Å².